The fourth-order valence-corrected chi connectivity index (χ4v) is 3.56. The molecular weight excluding hydrogens is 326 g/mol. The van der Waals surface area contributed by atoms with Crippen molar-refractivity contribution in [3.8, 4) is 0 Å². The number of carbonyl (C=O) groups excluding carboxylic acids is 1. The van der Waals surface area contributed by atoms with Gasteiger partial charge in [-0.15, -0.1) is 10.2 Å². The molecule has 1 aromatic carbocycles. The van der Waals surface area contributed by atoms with Crippen LogP contribution in [0.4, 0.5) is 4.79 Å². The number of amides is 2. The van der Waals surface area contributed by atoms with Gasteiger partial charge in [-0.1, -0.05) is 23.7 Å². The third kappa shape index (κ3) is 3.24. The van der Waals surface area contributed by atoms with Gasteiger partial charge in [0.2, 0.25) is 0 Å². The number of halogens is 1. The van der Waals surface area contributed by atoms with Gasteiger partial charge in [0.25, 0.3) is 0 Å². The van der Waals surface area contributed by atoms with Crippen LogP contribution in [0, 0.1) is 0 Å². The molecule has 1 aliphatic carbocycles. The molecule has 1 fully saturated rings. The minimum absolute atomic E-state index is 0.120. The Morgan fingerprint density at radius 1 is 1.38 bits per heavy atom. The first kappa shape index (κ1) is 15.4. The number of aromatic nitrogens is 3. The fourth-order valence-electron chi connectivity index (χ4n) is 3.36. The maximum atomic E-state index is 12.0. The summed E-state index contributed by atoms with van der Waals surface area (Å²) in [4.78, 5) is 12.0. The zero-order valence-corrected chi connectivity index (χ0v) is 14.1. The Bertz CT molecular complexity index is 759. The molecule has 2 aromatic rings. The van der Waals surface area contributed by atoms with Gasteiger partial charge in [-0.25, -0.2) is 4.79 Å². The van der Waals surface area contributed by atoms with Gasteiger partial charge in [0, 0.05) is 42.9 Å². The maximum Gasteiger partial charge on any atom is 0.315 e. The van der Waals surface area contributed by atoms with E-state index in [0.29, 0.717) is 18.9 Å². The summed E-state index contributed by atoms with van der Waals surface area (Å²) in [5, 5.41) is 15.0. The van der Waals surface area contributed by atoms with Crippen LogP contribution in [0.1, 0.15) is 36.0 Å². The van der Waals surface area contributed by atoms with Crippen LogP contribution in [-0.4, -0.2) is 33.4 Å². The van der Waals surface area contributed by atoms with Gasteiger partial charge in [-0.05, 0) is 30.5 Å². The van der Waals surface area contributed by atoms with E-state index in [1.54, 1.807) is 0 Å². The van der Waals surface area contributed by atoms with E-state index in [0.717, 1.165) is 42.5 Å². The average molecular weight is 346 g/mol. The first-order valence-electron chi connectivity index (χ1n) is 8.41. The Kier molecular flexibility index (Phi) is 4.14. The summed E-state index contributed by atoms with van der Waals surface area (Å²) in [5.74, 6) is 2.40. The molecule has 2 aliphatic rings. The van der Waals surface area contributed by atoms with Gasteiger partial charge >= 0.3 is 6.03 Å². The Balaban J connectivity index is 1.22. The summed E-state index contributed by atoms with van der Waals surface area (Å²) in [6, 6.07) is 7.92. The third-order valence-corrected chi connectivity index (χ3v) is 4.94. The van der Waals surface area contributed by atoms with Crippen molar-refractivity contribution < 1.29 is 4.79 Å². The van der Waals surface area contributed by atoms with E-state index in [-0.39, 0.29) is 12.1 Å². The number of nitrogens with one attached hydrogen (secondary N) is 2. The van der Waals surface area contributed by atoms with Crippen LogP contribution in [0.25, 0.3) is 0 Å². The Hall–Kier alpha value is -2.08. The molecule has 1 aromatic heterocycles. The summed E-state index contributed by atoms with van der Waals surface area (Å²) in [6.45, 7) is 1.56. The molecule has 0 saturated heterocycles. The number of fused-ring (bicyclic) bond motifs is 1. The molecule has 126 valence electrons. The second-order valence-corrected chi connectivity index (χ2v) is 6.88. The maximum absolute atomic E-state index is 12.0. The minimum Gasteiger partial charge on any atom is -0.338 e. The zero-order valence-electron chi connectivity index (χ0n) is 13.3. The summed E-state index contributed by atoms with van der Waals surface area (Å²) in [7, 11) is 0. The first-order chi connectivity index (χ1) is 11.7. The summed E-state index contributed by atoms with van der Waals surface area (Å²) in [6.07, 6.45) is 3.82. The largest absolute Gasteiger partial charge is 0.338 e. The molecule has 2 atom stereocenters. The van der Waals surface area contributed by atoms with Crippen molar-refractivity contribution in [2.24, 2.45) is 0 Å². The van der Waals surface area contributed by atoms with E-state index in [1.807, 2.05) is 18.2 Å². The molecule has 1 saturated carbocycles. The van der Waals surface area contributed by atoms with Gasteiger partial charge < -0.3 is 15.2 Å². The van der Waals surface area contributed by atoms with Gasteiger partial charge in [0.15, 0.2) is 0 Å². The lowest BCUT2D eigenvalue weighted by atomic mass is 10.1. The van der Waals surface area contributed by atoms with Gasteiger partial charge in [-0.2, -0.15) is 0 Å². The predicted molar refractivity (Wildman–Crippen MR) is 91.2 cm³/mol. The van der Waals surface area contributed by atoms with Crippen LogP contribution in [0.5, 0.6) is 0 Å². The topological polar surface area (TPSA) is 71.8 Å². The van der Waals surface area contributed by atoms with Crippen LogP contribution in [-0.2, 0) is 19.4 Å². The zero-order chi connectivity index (χ0) is 16.5. The predicted octanol–water partition coefficient (Wildman–Crippen LogP) is 2.28. The number of nitrogens with zero attached hydrogens (tertiary/aromatic N) is 3. The van der Waals surface area contributed by atoms with Crippen molar-refractivity contribution in [3.05, 3.63) is 46.5 Å². The molecule has 2 N–H and O–H groups in total. The molecule has 0 unspecified atom stereocenters. The van der Waals surface area contributed by atoms with E-state index in [1.165, 1.54) is 5.56 Å². The number of rotatable bonds is 5. The SMILES string of the molecule is O=C(NCCc1nnc2n1CCC2)N[C@H]1C[C@H]1c1cccc(Cl)c1. The van der Waals surface area contributed by atoms with Crippen molar-refractivity contribution >= 4 is 17.6 Å². The molecule has 0 bridgehead atoms. The molecule has 0 radical (unpaired) electrons. The van der Waals surface area contributed by atoms with Crippen molar-refractivity contribution in [2.45, 2.75) is 44.2 Å². The van der Waals surface area contributed by atoms with E-state index in [4.69, 9.17) is 11.6 Å². The lowest BCUT2D eigenvalue weighted by Crippen LogP contribution is -2.38. The third-order valence-electron chi connectivity index (χ3n) is 4.70. The van der Waals surface area contributed by atoms with E-state index >= 15 is 0 Å². The second-order valence-electron chi connectivity index (χ2n) is 6.44. The smallest absolute Gasteiger partial charge is 0.315 e. The van der Waals surface area contributed by atoms with Crippen molar-refractivity contribution in [1.82, 2.24) is 25.4 Å². The summed E-state index contributed by atoms with van der Waals surface area (Å²) < 4.78 is 2.16. The molecule has 6 nitrogen and oxygen atoms in total. The molecule has 2 amide bonds. The monoisotopic (exact) mass is 345 g/mol. The Morgan fingerprint density at radius 2 is 2.29 bits per heavy atom. The number of urea groups is 1. The van der Waals surface area contributed by atoms with Crippen molar-refractivity contribution in [1.29, 1.82) is 0 Å². The van der Waals surface area contributed by atoms with Gasteiger partial charge in [0.05, 0.1) is 0 Å². The highest BCUT2D eigenvalue weighted by molar-refractivity contribution is 6.30. The normalized spacial score (nSPS) is 21.4. The van der Waals surface area contributed by atoms with Crippen LogP contribution in [0.2, 0.25) is 5.02 Å². The van der Waals surface area contributed by atoms with E-state index in [2.05, 4.69) is 31.5 Å². The average Bonchev–Trinajstić information content (AvgIpc) is 2.99. The number of carbonyl (C=O) groups is 1. The standard InChI is InChI=1S/C17H20ClN5O/c18-12-4-1-3-11(9-12)13-10-14(13)20-17(24)19-7-6-16-22-21-15-5-2-8-23(15)16/h1,3-4,9,13-14H,2,5-8,10H2,(H2,19,20,24)/t13-,14-/m0/s1. The molecule has 0 spiro atoms. The van der Waals surface area contributed by atoms with Crippen molar-refractivity contribution in [3.63, 3.8) is 0 Å². The lowest BCUT2D eigenvalue weighted by Gasteiger charge is -2.08. The molecule has 1 aliphatic heterocycles. The van der Waals surface area contributed by atoms with Crippen LogP contribution in [0.3, 0.4) is 0 Å². The molecular formula is C17H20ClN5O. The number of hydrogen-bond donors (Lipinski definition) is 2. The van der Waals surface area contributed by atoms with Crippen LogP contribution < -0.4 is 10.6 Å². The highest BCUT2D eigenvalue weighted by Crippen LogP contribution is 2.41. The highest BCUT2D eigenvalue weighted by Gasteiger charge is 2.39. The summed E-state index contributed by atoms with van der Waals surface area (Å²) in [5.41, 5.74) is 1.19. The molecule has 7 heteroatoms. The minimum atomic E-state index is -0.120. The first-order valence-corrected chi connectivity index (χ1v) is 8.79. The van der Waals surface area contributed by atoms with Crippen molar-refractivity contribution in [2.75, 3.05) is 6.54 Å². The number of aryl methyl sites for hydroxylation is 1. The van der Waals surface area contributed by atoms with E-state index in [9.17, 15) is 4.79 Å². The lowest BCUT2D eigenvalue weighted by molar-refractivity contribution is 0.240. The second kappa shape index (κ2) is 6.43. The van der Waals surface area contributed by atoms with Crippen LogP contribution in [0.15, 0.2) is 24.3 Å². The molecule has 2 heterocycles. The quantitative estimate of drug-likeness (QED) is 0.873. The Morgan fingerprint density at radius 3 is 3.17 bits per heavy atom. The Labute approximate surface area is 145 Å². The van der Waals surface area contributed by atoms with Crippen LogP contribution >= 0.6 is 11.6 Å². The van der Waals surface area contributed by atoms with Gasteiger partial charge in [0.1, 0.15) is 11.6 Å². The molecule has 4 rings (SSSR count). The summed E-state index contributed by atoms with van der Waals surface area (Å²) >= 11 is 6.02. The van der Waals surface area contributed by atoms with Gasteiger partial charge in [-0.3, -0.25) is 0 Å². The van der Waals surface area contributed by atoms with E-state index < -0.39 is 0 Å². The number of benzene rings is 1. The fraction of sp³-hybridized carbons (Fsp3) is 0.471. The highest BCUT2D eigenvalue weighted by atomic mass is 35.5. The number of hydrogen-bond acceptors (Lipinski definition) is 3. The molecule has 24 heavy (non-hydrogen) atoms.